The van der Waals surface area contributed by atoms with E-state index in [1.54, 1.807) is 12.3 Å². The van der Waals surface area contributed by atoms with E-state index >= 15 is 0 Å². The lowest BCUT2D eigenvalue weighted by molar-refractivity contribution is 0.0594. The van der Waals surface area contributed by atoms with Crippen LogP contribution in [0.2, 0.25) is 0 Å². The number of fused-ring (bicyclic) bond motifs is 1. The van der Waals surface area contributed by atoms with Crippen molar-refractivity contribution in [3.05, 3.63) is 24.0 Å². The Morgan fingerprint density at radius 2 is 2.42 bits per heavy atom. The number of carbonyl (C=O) groups excluding carboxylic acids is 1. The van der Waals surface area contributed by atoms with E-state index in [0.717, 1.165) is 32.0 Å². The van der Waals surface area contributed by atoms with E-state index < -0.39 is 5.97 Å². The van der Waals surface area contributed by atoms with E-state index in [1.807, 2.05) is 6.07 Å². The molecule has 2 aliphatic heterocycles. The Morgan fingerprint density at radius 3 is 3.16 bits per heavy atom. The molecule has 3 heterocycles. The third-order valence-electron chi connectivity index (χ3n) is 3.68. The highest BCUT2D eigenvalue weighted by Crippen LogP contribution is 2.23. The highest BCUT2D eigenvalue weighted by Gasteiger charge is 2.36. The summed E-state index contributed by atoms with van der Waals surface area (Å²) in [6, 6.07) is 4.35. The van der Waals surface area contributed by atoms with Crippen molar-refractivity contribution in [3.8, 4) is 0 Å². The fourth-order valence-corrected chi connectivity index (χ4v) is 2.68. The molecule has 0 saturated carbocycles. The number of nitrogens with zero attached hydrogens (tertiary/aromatic N) is 2. The maximum Gasteiger partial charge on any atom is 0.356 e. The molecule has 0 amide bonds. The molecule has 2 aliphatic rings. The van der Waals surface area contributed by atoms with Crippen molar-refractivity contribution >= 4 is 11.7 Å². The SMILES string of the molecule is COC(=O)c1ccc(N2CCNC3COCC32)cn1. The maximum absolute atomic E-state index is 11.4. The topological polar surface area (TPSA) is 63.7 Å². The fraction of sp³-hybridized carbons (Fsp3) is 0.538. The zero-order valence-electron chi connectivity index (χ0n) is 10.8. The van der Waals surface area contributed by atoms with Crippen molar-refractivity contribution < 1.29 is 14.3 Å². The van der Waals surface area contributed by atoms with Crippen molar-refractivity contribution in [3.63, 3.8) is 0 Å². The summed E-state index contributed by atoms with van der Waals surface area (Å²) in [4.78, 5) is 17.8. The van der Waals surface area contributed by atoms with Crippen LogP contribution in [0.1, 0.15) is 10.5 Å². The van der Waals surface area contributed by atoms with Gasteiger partial charge in [0, 0.05) is 13.1 Å². The molecular formula is C13H17N3O3. The van der Waals surface area contributed by atoms with E-state index in [9.17, 15) is 4.79 Å². The van der Waals surface area contributed by atoms with Crippen molar-refractivity contribution in [1.29, 1.82) is 0 Å². The molecule has 2 unspecified atom stereocenters. The van der Waals surface area contributed by atoms with Gasteiger partial charge in [-0.2, -0.15) is 0 Å². The van der Waals surface area contributed by atoms with Gasteiger partial charge in [0.1, 0.15) is 5.69 Å². The van der Waals surface area contributed by atoms with Gasteiger partial charge >= 0.3 is 5.97 Å². The third kappa shape index (κ3) is 2.29. The molecule has 0 bridgehead atoms. The third-order valence-corrected chi connectivity index (χ3v) is 3.68. The Labute approximate surface area is 111 Å². The molecule has 6 heteroatoms. The monoisotopic (exact) mass is 263 g/mol. The molecule has 19 heavy (non-hydrogen) atoms. The number of pyridine rings is 1. The smallest absolute Gasteiger partial charge is 0.356 e. The van der Waals surface area contributed by atoms with Crippen LogP contribution in [-0.4, -0.2) is 56.5 Å². The van der Waals surface area contributed by atoms with Crippen LogP contribution in [0.15, 0.2) is 18.3 Å². The molecular weight excluding hydrogens is 246 g/mol. The Morgan fingerprint density at radius 1 is 1.53 bits per heavy atom. The Bertz CT molecular complexity index is 463. The zero-order chi connectivity index (χ0) is 13.2. The highest BCUT2D eigenvalue weighted by molar-refractivity contribution is 5.87. The quantitative estimate of drug-likeness (QED) is 0.760. The lowest BCUT2D eigenvalue weighted by Crippen LogP contribution is -2.57. The summed E-state index contributed by atoms with van der Waals surface area (Å²) in [5.74, 6) is -0.408. The Balaban J connectivity index is 1.79. The van der Waals surface area contributed by atoms with Gasteiger partial charge < -0.3 is 19.7 Å². The Kier molecular flexibility index (Phi) is 3.35. The number of ether oxygens (including phenoxy) is 2. The average molecular weight is 263 g/mol. The first kappa shape index (κ1) is 12.4. The molecule has 0 aromatic carbocycles. The number of esters is 1. The standard InChI is InChI=1S/C13H17N3O3/c1-18-13(17)10-3-2-9(6-15-10)16-5-4-14-11-7-19-8-12(11)16/h2-3,6,11-12,14H,4-5,7-8H2,1H3. The molecule has 102 valence electrons. The van der Waals surface area contributed by atoms with Gasteiger partial charge in [0.05, 0.1) is 44.3 Å². The van der Waals surface area contributed by atoms with Gasteiger partial charge in [0.15, 0.2) is 0 Å². The first-order valence-corrected chi connectivity index (χ1v) is 6.42. The van der Waals surface area contributed by atoms with Crippen molar-refractivity contribution in [2.24, 2.45) is 0 Å². The Hall–Kier alpha value is -1.66. The minimum absolute atomic E-state index is 0.334. The van der Waals surface area contributed by atoms with E-state index in [-0.39, 0.29) is 0 Å². The van der Waals surface area contributed by atoms with Gasteiger partial charge in [-0.05, 0) is 12.1 Å². The summed E-state index contributed by atoms with van der Waals surface area (Å²) in [6.45, 7) is 3.35. The molecule has 6 nitrogen and oxygen atoms in total. The minimum Gasteiger partial charge on any atom is -0.464 e. The van der Waals surface area contributed by atoms with Crippen molar-refractivity contribution in [2.45, 2.75) is 12.1 Å². The lowest BCUT2D eigenvalue weighted by atomic mass is 10.1. The van der Waals surface area contributed by atoms with Crippen LogP contribution in [0.4, 0.5) is 5.69 Å². The number of methoxy groups -OCH3 is 1. The zero-order valence-corrected chi connectivity index (χ0v) is 10.8. The van der Waals surface area contributed by atoms with Gasteiger partial charge in [-0.25, -0.2) is 9.78 Å². The van der Waals surface area contributed by atoms with Gasteiger partial charge in [0.25, 0.3) is 0 Å². The molecule has 0 spiro atoms. The number of hydrogen-bond acceptors (Lipinski definition) is 6. The number of nitrogens with one attached hydrogen (secondary N) is 1. The van der Waals surface area contributed by atoms with Crippen LogP contribution >= 0.6 is 0 Å². The van der Waals surface area contributed by atoms with E-state index in [2.05, 4.69) is 19.9 Å². The number of carbonyl (C=O) groups is 1. The summed E-state index contributed by atoms with van der Waals surface area (Å²) >= 11 is 0. The van der Waals surface area contributed by atoms with Crippen LogP contribution < -0.4 is 10.2 Å². The highest BCUT2D eigenvalue weighted by atomic mass is 16.5. The molecule has 1 aromatic heterocycles. The largest absolute Gasteiger partial charge is 0.464 e. The second kappa shape index (κ2) is 5.14. The number of aromatic nitrogens is 1. The van der Waals surface area contributed by atoms with E-state index in [1.165, 1.54) is 7.11 Å². The lowest BCUT2D eigenvalue weighted by Gasteiger charge is -2.38. The summed E-state index contributed by atoms with van der Waals surface area (Å²) in [7, 11) is 1.36. The first-order chi connectivity index (χ1) is 9.29. The van der Waals surface area contributed by atoms with Crippen LogP contribution in [0.5, 0.6) is 0 Å². The summed E-state index contributed by atoms with van der Waals surface area (Å²) < 4.78 is 10.2. The molecule has 0 aliphatic carbocycles. The van der Waals surface area contributed by atoms with Gasteiger partial charge in [-0.15, -0.1) is 0 Å². The molecule has 0 radical (unpaired) electrons. The first-order valence-electron chi connectivity index (χ1n) is 6.42. The summed E-state index contributed by atoms with van der Waals surface area (Å²) in [6.07, 6.45) is 1.73. The molecule has 2 fully saturated rings. The molecule has 1 aromatic rings. The van der Waals surface area contributed by atoms with Gasteiger partial charge in [0.2, 0.25) is 0 Å². The molecule has 3 rings (SSSR count). The van der Waals surface area contributed by atoms with Gasteiger partial charge in [-0.3, -0.25) is 0 Å². The van der Waals surface area contributed by atoms with Crippen LogP contribution in [0.25, 0.3) is 0 Å². The van der Waals surface area contributed by atoms with E-state index in [4.69, 9.17) is 4.74 Å². The van der Waals surface area contributed by atoms with E-state index in [0.29, 0.717) is 17.8 Å². The fourth-order valence-electron chi connectivity index (χ4n) is 2.68. The molecule has 2 atom stereocenters. The van der Waals surface area contributed by atoms with Crippen molar-refractivity contribution in [2.75, 3.05) is 38.3 Å². The number of piperazine rings is 1. The van der Waals surface area contributed by atoms with Crippen LogP contribution in [-0.2, 0) is 9.47 Å². The predicted octanol–water partition coefficient (Wildman–Crippen LogP) is 0.0452. The second-order valence-corrected chi connectivity index (χ2v) is 4.75. The van der Waals surface area contributed by atoms with Crippen molar-refractivity contribution in [1.82, 2.24) is 10.3 Å². The number of rotatable bonds is 2. The van der Waals surface area contributed by atoms with Crippen LogP contribution in [0, 0.1) is 0 Å². The maximum atomic E-state index is 11.4. The normalized spacial score (nSPS) is 26.1. The summed E-state index contributed by atoms with van der Waals surface area (Å²) in [5.41, 5.74) is 1.36. The molecule has 1 N–H and O–H groups in total. The van der Waals surface area contributed by atoms with Crippen LogP contribution in [0.3, 0.4) is 0 Å². The second-order valence-electron chi connectivity index (χ2n) is 4.75. The average Bonchev–Trinajstić information content (AvgIpc) is 2.95. The molecule has 2 saturated heterocycles. The number of hydrogen-bond donors (Lipinski definition) is 1. The number of anilines is 1. The minimum atomic E-state index is -0.408. The predicted molar refractivity (Wildman–Crippen MR) is 69.3 cm³/mol. The van der Waals surface area contributed by atoms with Gasteiger partial charge in [-0.1, -0.05) is 0 Å². The summed E-state index contributed by atoms with van der Waals surface area (Å²) in [5, 5.41) is 3.46.